The Kier molecular flexibility index (Phi) is 14.6. The Morgan fingerprint density at radius 3 is 1.82 bits per heavy atom. The number of hydrogen-bond donors (Lipinski definition) is 1. The molecule has 0 heterocycles. The Bertz CT molecular complexity index is 98.0. The first-order chi connectivity index (χ1) is 5.22. The number of rotatable bonds is 4. The monoisotopic (exact) mass is 177 g/mol. The Hall–Kier alpha value is -0.483. The molecule has 0 aliphatic rings. The molecule has 4 nitrogen and oxygen atoms in total. The minimum atomic E-state index is -1.20. The van der Waals surface area contributed by atoms with Gasteiger partial charge in [-0.25, -0.2) is 10.2 Å². The van der Waals surface area contributed by atoms with E-state index in [0.29, 0.717) is 0 Å². The van der Waals surface area contributed by atoms with E-state index in [2.05, 4.69) is 0 Å². The van der Waals surface area contributed by atoms with Crippen molar-refractivity contribution in [1.29, 1.82) is 5.41 Å². The van der Waals surface area contributed by atoms with Crippen molar-refractivity contribution in [3.05, 3.63) is 0 Å². The summed E-state index contributed by atoms with van der Waals surface area (Å²) < 4.78 is 10.4. The van der Waals surface area contributed by atoms with E-state index < -0.39 is 9.28 Å². The molecule has 0 aromatic heterocycles. The minimum Gasteiger partial charge on any atom is -0.397 e. The smallest absolute Gasteiger partial charge is 0.318 e. The normalized spacial score (nSPS) is 8.36. The molecule has 0 unspecified atom stereocenters. The van der Waals surface area contributed by atoms with Crippen molar-refractivity contribution in [1.82, 2.24) is 0 Å². The van der Waals surface area contributed by atoms with Gasteiger partial charge in [-0.3, -0.25) is 0 Å². The van der Waals surface area contributed by atoms with Gasteiger partial charge in [-0.2, -0.15) is 0 Å². The van der Waals surface area contributed by atoms with Gasteiger partial charge in [0.15, 0.2) is 0 Å². The summed E-state index contributed by atoms with van der Waals surface area (Å²) in [5.41, 5.74) is 0. The van der Waals surface area contributed by atoms with Gasteiger partial charge in [0, 0.05) is 13.2 Å². The molecule has 0 aliphatic carbocycles. The third-order valence-corrected chi connectivity index (χ3v) is 2.41. The maximum atomic E-state index is 8.35. The first-order valence-electron chi connectivity index (χ1n) is 3.49. The topological polar surface area (TPSA) is 59.4 Å². The summed E-state index contributed by atoms with van der Waals surface area (Å²) in [6.45, 7) is 7.58. The van der Waals surface area contributed by atoms with E-state index in [-0.39, 0.29) is 0 Å². The molecular formula is C6H15NO3Si. The van der Waals surface area contributed by atoms with Crippen molar-refractivity contribution in [3.8, 4) is 0 Å². The van der Waals surface area contributed by atoms with Crippen molar-refractivity contribution in [2.24, 2.45) is 0 Å². The van der Waals surface area contributed by atoms with E-state index in [1.54, 1.807) is 0 Å². The minimum absolute atomic E-state index is 0.750. The zero-order chi connectivity index (χ0) is 9.11. The van der Waals surface area contributed by atoms with Crippen molar-refractivity contribution >= 4 is 15.4 Å². The summed E-state index contributed by atoms with van der Waals surface area (Å²) >= 11 is 0. The van der Waals surface area contributed by atoms with Crippen molar-refractivity contribution < 1.29 is 13.6 Å². The largest absolute Gasteiger partial charge is 0.397 e. The molecule has 1 N–H and O–H groups in total. The molecule has 0 saturated carbocycles. The highest BCUT2D eigenvalue weighted by Gasteiger charge is 1.99. The third-order valence-electron chi connectivity index (χ3n) is 0.803. The average Bonchev–Trinajstić information content (AvgIpc) is 1.90. The number of isocyanates is 1. The average molecular weight is 177 g/mol. The second-order valence-electron chi connectivity index (χ2n) is 1.58. The lowest BCUT2D eigenvalue weighted by Crippen LogP contribution is -2.17. The van der Waals surface area contributed by atoms with Crippen LogP contribution >= 0.6 is 0 Å². The Labute approximate surface area is 68.9 Å². The molecule has 0 spiro atoms. The third kappa shape index (κ3) is 17.7. The van der Waals surface area contributed by atoms with E-state index in [4.69, 9.17) is 19.1 Å². The second-order valence-corrected chi connectivity index (χ2v) is 3.38. The summed E-state index contributed by atoms with van der Waals surface area (Å²) in [5.74, 6) is 0. The fraction of sp³-hybridized carbons (Fsp3) is 0.833. The molecular weight excluding hydrogens is 162 g/mol. The van der Waals surface area contributed by atoms with Crippen LogP contribution in [0.1, 0.15) is 13.8 Å². The fourth-order valence-electron chi connectivity index (χ4n) is 0.518. The quantitative estimate of drug-likeness (QED) is 0.393. The summed E-state index contributed by atoms with van der Waals surface area (Å²) in [4.78, 5) is 8.35. The molecule has 0 amide bonds. The second kappa shape index (κ2) is 12.2. The molecule has 0 aliphatic heterocycles. The molecule has 0 bridgehead atoms. The maximum Gasteiger partial charge on any atom is 0.318 e. The Balaban J connectivity index is 0. The summed E-state index contributed by atoms with van der Waals surface area (Å²) in [6.07, 6.45) is 0.750. The van der Waals surface area contributed by atoms with Crippen LogP contribution in [-0.2, 0) is 13.6 Å². The lowest BCUT2D eigenvalue weighted by Gasteiger charge is -2.07. The SMILES string of the molecule is CCO[SiH](C)OCC.N=C=O. The van der Waals surface area contributed by atoms with Gasteiger partial charge < -0.3 is 8.85 Å². The van der Waals surface area contributed by atoms with E-state index in [9.17, 15) is 0 Å². The lowest BCUT2D eigenvalue weighted by atomic mass is 10.9. The van der Waals surface area contributed by atoms with Gasteiger partial charge in [0.05, 0.1) is 0 Å². The van der Waals surface area contributed by atoms with Gasteiger partial charge in [-0.15, -0.1) is 0 Å². The highest BCUT2D eigenvalue weighted by atomic mass is 28.3. The van der Waals surface area contributed by atoms with Crippen LogP contribution in [0.5, 0.6) is 0 Å². The standard InChI is InChI=1S/C5H14O2Si.CHNO/c1-4-6-8(3)7-5-2;2-1-3/h8H,4-5H2,1-3H3;2H. The predicted octanol–water partition coefficient (Wildman–Crippen LogP) is 0.811. The molecule has 0 atom stereocenters. The number of carbonyl (C=O) groups excluding carboxylic acids is 1. The summed E-state index contributed by atoms with van der Waals surface area (Å²) in [7, 11) is -1.20. The number of nitrogens with one attached hydrogen (secondary N) is 1. The molecule has 0 aromatic carbocycles. The van der Waals surface area contributed by atoms with Crippen LogP contribution in [0.15, 0.2) is 0 Å². The number of hydrogen-bond acceptors (Lipinski definition) is 4. The highest BCUT2D eigenvalue weighted by Crippen LogP contribution is 1.85. The fourth-order valence-corrected chi connectivity index (χ4v) is 1.55. The van der Waals surface area contributed by atoms with Gasteiger partial charge in [-0.05, 0) is 20.4 Å². The molecule has 66 valence electrons. The van der Waals surface area contributed by atoms with Crippen LogP contribution in [0.25, 0.3) is 0 Å². The van der Waals surface area contributed by atoms with E-state index >= 15 is 0 Å². The predicted molar refractivity (Wildman–Crippen MR) is 44.7 cm³/mol. The molecule has 0 rings (SSSR count). The summed E-state index contributed by atoms with van der Waals surface area (Å²) in [5, 5.41) is 5.40. The zero-order valence-corrected chi connectivity index (χ0v) is 8.37. The van der Waals surface area contributed by atoms with E-state index in [1.165, 1.54) is 0 Å². The zero-order valence-electron chi connectivity index (χ0n) is 7.22. The van der Waals surface area contributed by atoms with Crippen molar-refractivity contribution in [2.45, 2.75) is 20.4 Å². The van der Waals surface area contributed by atoms with Crippen LogP contribution in [0.3, 0.4) is 0 Å². The summed E-state index contributed by atoms with van der Waals surface area (Å²) in [6, 6.07) is 0. The van der Waals surface area contributed by atoms with E-state index in [0.717, 1.165) is 19.3 Å². The Morgan fingerprint density at radius 2 is 1.64 bits per heavy atom. The van der Waals surface area contributed by atoms with Crippen LogP contribution in [0.2, 0.25) is 6.55 Å². The van der Waals surface area contributed by atoms with Gasteiger partial charge in [0.25, 0.3) is 0 Å². The molecule has 0 saturated heterocycles. The van der Waals surface area contributed by atoms with E-state index in [1.807, 2.05) is 20.4 Å². The molecule has 5 heteroatoms. The van der Waals surface area contributed by atoms with Gasteiger partial charge in [0.1, 0.15) is 0 Å². The van der Waals surface area contributed by atoms with Crippen molar-refractivity contribution in [3.63, 3.8) is 0 Å². The van der Waals surface area contributed by atoms with Crippen LogP contribution in [0.4, 0.5) is 0 Å². The van der Waals surface area contributed by atoms with Gasteiger partial charge in [-0.1, -0.05) is 0 Å². The Morgan fingerprint density at radius 1 is 1.36 bits per heavy atom. The first kappa shape index (κ1) is 13.1. The van der Waals surface area contributed by atoms with Crippen molar-refractivity contribution in [2.75, 3.05) is 13.2 Å². The maximum absolute atomic E-state index is 8.35. The highest BCUT2D eigenvalue weighted by molar-refractivity contribution is 6.42. The molecule has 0 radical (unpaired) electrons. The van der Waals surface area contributed by atoms with Gasteiger partial charge in [0.2, 0.25) is 6.08 Å². The van der Waals surface area contributed by atoms with Gasteiger partial charge >= 0.3 is 9.28 Å². The lowest BCUT2D eigenvalue weighted by molar-refractivity contribution is 0.219. The molecule has 0 aromatic rings. The van der Waals surface area contributed by atoms with Crippen LogP contribution < -0.4 is 0 Å². The molecule has 0 fully saturated rings. The van der Waals surface area contributed by atoms with Crippen LogP contribution in [0, 0.1) is 5.41 Å². The van der Waals surface area contributed by atoms with Crippen LogP contribution in [-0.4, -0.2) is 28.6 Å². The first-order valence-corrected chi connectivity index (χ1v) is 5.59. The molecule has 11 heavy (non-hydrogen) atoms.